The van der Waals surface area contributed by atoms with E-state index >= 15 is 0 Å². The van der Waals surface area contributed by atoms with Crippen LogP contribution in [0.5, 0.6) is 0 Å². The van der Waals surface area contributed by atoms with Gasteiger partial charge in [0.25, 0.3) is 0 Å². The Kier molecular flexibility index (Phi) is 4.10. The van der Waals surface area contributed by atoms with Crippen molar-refractivity contribution < 1.29 is 4.79 Å². The van der Waals surface area contributed by atoms with Crippen molar-refractivity contribution in [3.05, 3.63) is 83.4 Å². The highest BCUT2D eigenvalue weighted by molar-refractivity contribution is 5.87. The molecule has 0 aromatic heterocycles. The average molecular weight is 291 g/mol. The molecule has 2 aromatic carbocycles. The lowest BCUT2D eigenvalue weighted by Gasteiger charge is -2.35. The minimum absolute atomic E-state index is 0.00569. The lowest BCUT2D eigenvalue weighted by molar-refractivity contribution is -0.127. The Labute approximate surface area is 132 Å². The van der Waals surface area contributed by atoms with Gasteiger partial charge in [0.1, 0.15) is 0 Å². The van der Waals surface area contributed by atoms with E-state index in [-0.39, 0.29) is 11.8 Å². The van der Waals surface area contributed by atoms with Gasteiger partial charge in [-0.25, -0.2) is 0 Å². The highest BCUT2D eigenvalue weighted by Crippen LogP contribution is 2.34. The number of benzene rings is 2. The Morgan fingerprint density at radius 2 is 2.05 bits per heavy atom. The third-order valence-electron chi connectivity index (χ3n) is 4.45. The van der Waals surface area contributed by atoms with Gasteiger partial charge in [-0.1, -0.05) is 62.0 Å². The first-order valence-corrected chi connectivity index (χ1v) is 7.81. The van der Waals surface area contributed by atoms with Crippen LogP contribution >= 0.6 is 0 Å². The van der Waals surface area contributed by atoms with Gasteiger partial charge in [0.2, 0.25) is 5.91 Å². The molecule has 0 saturated carbocycles. The molecule has 1 heterocycles. The van der Waals surface area contributed by atoms with E-state index in [0.717, 1.165) is 13.0 Å². The summed E-state index contributed by atoms with van der Waals surface area (Å²) in [5, 5.41) is 0. The number of hydrogen-bond acceptors (Lipinski definition) is 1. The molecule has 112 valence electrons. The van der Waals surface area contributed by atoms with E-state index in [1.165, 1.54) is 28.3 Å². The Morgan fingerprint density at radius 3 is 2.73 bits per heavy atom. The van der Waals surface area contributed by atoms with Gasteiger partial charge in [0, 0.05) is 19.0 Å². The fraction of sp³-hybridized carbons (Fsp3) is 0.250. The van der Waals surface area contributed by atoms with Crippen LogP contribution in [0.25, 0.3) is 0 Å². The maximum Gasteiger partial charge on any atom is 0.246 e. The largest absolute Gasteiger partial charge is 0.334 e. The summed E-state index contributed by atoms with van der Waals surface area (Å²) < 4.78 is 0. The van der Waals surface area contributed by atoms with Crippen molar-refractivity contribution in [3.63, 3.8) is 0 Å². The third kappa shape index (κ3) is 2.69. The van der Waals surface area contributed by atoms with Crippen LogP contribution in [0.3, 0.4) is 0 Å². The molecule has 0 unspecified atom stereocenters. The van der Waals surface area contributed by atoms with Crippen molar-refractivity contribution in [2.24, 2.45) is 0 Å². The van der Waals surface area contributed by atoms with Crippen LogP contribution < -0.4 is 0 Å². The van der Waals surface area contributed by atoms with Gasteiger partial charge < -0.3 is 4.90 Å². The van der Waals surface area contributed by atoms with Gasteiger partial charge in [0.15, 0.2) is 0 Å². The van der Waals surface area contributed by atoms with Gasteiger partial charge in [-0.2, -0.15) is 0 Å². The second kappa shape index (κ2) is 6.18. The summed E-state index contributed by atoms with van der Waals surface area (Å²) in [7, 11) is 0. The molecule has 0 radical (unpaired) electrons. The second-order valence-corrected chi connectivity index (χ2v) is 5.77. The van der Waals surface area contributed by atoms with E-state index in [4.69, 9.17) is 0 Å². The van der Waals surface area contributed by atoms with E-state index in [2.05, 4.69) is 56.0 Å². The Balaban J connectivity index is 2.07. The number of carbonyl (C=O) groups excluding carboxylic acids is 1. The van der Waals surface area contributed by atoms with Gasteiger partial charge >= 0.3 is 0 Å². The summed E-state index contributed by atoms with van der Waals surface area (Å²) in [4.78, 5) is 14.0. The minimum atomic E-state index is 0.00569. The molecular formula is C20H21NO. The number of aryl methyl sites for hydroxylation is 1. The molecule has 0 N–H and O–H groups in total. The van der Waals surface area contributed by atoms with Crippen LogP contribution in [0, 0.1) is 0 Å². The molecule has 0 bridgehead atoms. The fourth-order valence-corrected chi connectivity index (χ4v) is 3.19. The SMILES string of the molecule is C=CC(=O)N1Cc2ccc(CC)cc2[C@@H](c2ccccc2)C1. The quantitative estimate of drug-likeness (QED) is 0.785. The van der Waals surface area contributed by atoms with Crippen molar-refractivity contribution in [2.45, 2.75) is 25.8 Å². The highest BCUT2D eigenvalue weighted by atomic mass is 16.2. The maximum absolute atomic E-state index is 12.1. The number of fused-ring (bicyclic) bond motifs is 1. The standard InChI is InChI=1S/C20H21NO/c1-3-15-10-11-17-13-21(20(22)4-2)14-19(18(17)12-15)16-8-6-5-7-9-16/h4-12,19H,2-3,13-14H2,1H3/t19-/m1/s1. The van der Waals surface area contributed by atoms with Crippen molar-refractivity contribution in [1.82, 2.24) is 4.90 Å². The van der Waals surface area contributed by atoms with Crippen LogP contribution in [0.15, 0.2) is 61.2 Å². The first-order valence-electron chi connectivity index (χ1n) is 7.81. The van der Waals surface area contributed by atoms with Crippen LogP contribution in [-0.4, -0.2) is 17.4 Å². The topological polar surface area (TPSA) is 20.3 Å². The summed E-state index contributed by atoms with van der Waals surface area (Å²) in [6.45, 7) is 7.19. The summed E-state index contributed by atoms with van der Waals surface area (Å²) in [6.07, 6.45) is 2.44. The molecule has 0 saturated heterocycles. The van der Waals surface area contributed by atoms with Crippen LogP contribution in [0.2, 0.25) is 0 Å². The van der Waals surface area contributed by atoms with E-state index in [9.17, 15) is 4.79 Å². The molecule has 22 heavy (non-hydrogen) atoms. The molecule has 1 atom stereocenters. The molecule has 2 nitrogen and oxygen atoms in total. The fourth-order valence-electron chi connectivity index (χ4n) is 3.19. The number of nitrogens with zero attached hydrogens (tertiary/aromatic N) is 1. The highest BCUT2D eigenvalue weighted by Gasteiger charge is 2.28. The van der Waals surface area contributed by atoms with Gasteiger partial charge in [0.05, 0.1) is 0 Å². The number of amides is 1. The Bertz CT molecular complexity index is 690. The predicted octanol–water partition coefficient (Wildman–Crippen LogP) is 3.91. The van der Waals surface area contributed by atoms with Gasteiger partial charge in [-0.3, -0.25) is 4.79 Å². The van der Waals surface area contributed by atoms with E-state index < -0.39 is 0 Å². The number of rotatable bonds is 3. The zero-order valence-corrected chi connectivity index (χ0v) is 13.0. The van der Waals surface area contributed by atoms with Gasteiger partial charge in [-0.15, -0.1) is 0 Å². The normalized spacial score (nSPS) is 17.0. The van der Waals surface area contributed by atoms with Crippen LogP contribution in [-0.2, 0) is 17.8 Å². The molecule has 2 aromatic rings. The van der Waals surface area contributed by atoms with Crippen molar-refractivity contribution in [1.29, 1.82) is 0 Å². The second-order valence-electron chi connectivity index (χ2n) is 5.77. The first-order chi connectivity index (χ1) is 10.7. The molecule has 0 aliphatic carbocycles. The first kappa shape index (κ1) is 14.6. The Hall–Kier alpha value is -2.35. The summed E-state index contributed by atoms with van der Waals surface area (Å²) in [6, 6.07) is 17.1. The van der Waals surface area contributed by atoms with Crippen LogP contribution in [0.4, 0.5) is 0 Å². The molecular weight excluding hydrogens is 270 g/mol. The molecule has 1 amide bonds. The lowest BCUT2D eigenvalue weighted by atomic mass is 9.83. The Morgan fingerprint density at radius 1 is 1.27 bits per heavy atom. The minimum Gasteiger partial charge on any atom is -0.334 e. The van der Waals surface area contributed by atoms with E-state index in [1.54, 1.807) is 0 Å². The smallest absolute Gasteiger partial charge is 0.246 e. The van der Waals surface area contributed by atoms with E-state index in [1.807, 2.05) is 11.0 Å². The average Bonchev–Trinajstić information content (AvgIpc) is 2.60. The molecule has 3 rings (SSSR count). The van der Waals surface area contributed by atoms with E-state index in [0.29, 0.717) is 6.54 Å². The number of hydrogen-bond donors (Lipinski definition) is 0. The van der Waals surface area contributed by atoms with Crippen molar-refractivity contribution in [2.75, 3.05) is 6.54 Å². The maximum atomic E-state index is 12.1. The molecule has 0 spiro atoms. The summed E-state index contributed by atoms with van der Waals surface area (Å²) in [5.74, 6) is 0.242. The monoisotopic (exact) mass is 291 g/mol. The zero-order chi connectivity index (χ0) is 15.5. The summed E-state index contributed by atoms with van der Waals surface area (Å²) >= 11 is 0. The summed E-state index contributed by atoms with van der Waals surface area (Å²) in [5.41, 5.74) is 5.22. The number of carbonyl (C=O) groups is 1. The molecule has 2 heteroatoms. The lowest BCUT2D eigenvalue weighted by Crippen LogP contribution is -2.37. The molecule has 1 aliphatic heterocycles. The van der Waals surface area contributed by atoms with Crippen molar-refractivity contribution in [3.8, 4) is 0 Å². The predicted molar refractivity (Wildman–Crippen MR) is 89.7 cm³/mol. The van der Waals surface area contributed by atoms with Gasteiger partial charge in [-0.05, 0) is 34.8 Å². The van der Waals surface area contributed by atoms with Crippen LogP contribution in [0.1, 0.15) is 35.1 Å². The molecule has 0 fully saturated rings. The van der Waals surface area contributed by atoms with Crippen molar-refractivity contribution >= 4 is 5.91 Å². The third-order valence-corrected chi connectivity index (χ3v) is 4.45. The molecule has 1 aliphatic rings. The zero-order valence-electron chi connectivity index (χ0n) is 13.0.